The first-order chi connectivity index (χ1) is 6.60. The molecule has 0 saturated carbocycles. The Morgan fingerprint density at radius 1 is 1.43 bits per heavy atom. The van der Waals surface area contributed by atoms with Gasteiger partial charge in [0.15, 0.2) is 0 Å². The Labute approximate surface area is 82.6 Å². The minimum atomic E-state index is -0.524. The van der Waals surface area contributed by atoms with Crippen LogP contribution in [0.3, 0.4) is 0 Å². The van der Waals surface area contributed by atoms with E-state index in [1.54, 1.807) is 32.0 Å². The molecular weight excluding hydrogens is 178 g/mol. The monoisotopic (exact) mass is 189 g/mol. The Morgan fingerprint density at radius 3 is 2.29 bits per heavy atom. The van der Waals surface area contributed by atoms with E-state index in [9.17, 15) is 4.79 Å². The van der Waals surface area contributed by atoms with Crippen LogP contribution in [0.4, 0.5) is 0 Å². The number of ketones is 1. The molecule has 0 aliphatic heterocycles. The van der Waals surface area contributed by atoms with E-state index in [0.717, 1.165) is 16.7 Å². The van der Waals surface area contributed by atoms with E-state index in [1.165, 1.54) is 0 Å². The van der Waals surface area contributed by atoms with Crippen LogP contribution in [0.25, 0.3) is 0 Å². The summed E-state index contributed by atoms with van der Waals surface area (Å²) in [6.45, 7) is 3.47. The number of benzene rings is 1. The van der Waals surface area contributed by atoms with Crippen molar-refractivity contribution >= 4 is 5.78 Å². The summed E-state index contributed by atoms with van der Waals surface area (Å²) >= 11 is 0. The van der Waals surface area contributed by atoms with Crippen molar-refractivity contribution in [2.75, 3.05) is 0 Å². The van der Waals surface area contributed by atoms with Crippen molar-refractivity contribution in [3.8, 4) is 6.07 Å². The van der Waals surface area contributed by atoms with Gasteiger partial charge in [0, 0.05) is 5.56 Å². The van der Waals surface area contributed by atoms with Crippen LogP contribution in [0.5, 0.6) is 0 Å². The van der Waals surface area contributed by atoms with Crippen molar-refractivity contribution in [3.63, 3.8) is 0 Å². The molecule has 0 amide bonds. The molecule has 0 radical (unpaired) electrons. The largest absolute Gasteiger partial charge is 0.392 e. The maximum Gasteiger partial charge on any atom is 0.262 e. The van der Waals surface area contributed by atoms with Gasteiger partial charge in [0.2, 0.25) is 0 Å². The number of rotatable bonds is 2. The SMILES string of the molecule is Cc1cc(CO)cc(C)c1C(=O)C#N. The van der Waals surface area contributed by atoms with Crippen molar-refractivity contribution in [2.24, 2.45) is 0 Å². The summed E-state index contributed by atoms with van der Waals surface area (Å²) in [5.74, 6) is -0.524. The van der Waals surface area contributed by atoms with Gasteiger partial charge in [0.25, 0.3) is 5.78 Å². The maximum atomic E-state index is 11.2. The third kappa shape index (κ3) is 1.81. The predicted octanol–water partition coefficient (Wildman–Crippen LogP) is 1.50. The van der Waals surface area contributed by atoms with Gasteiger partial charge in [0.1, 0.15) is 6.07 Å². The lowest BCUT2D eigenvalue weighted by molar-refractivity contribution is 0.105. The predicted molar refractivity (Wildman–Crippen MR) is 51.8 cm³/mol. The van der Waals surface area contributed by atoms with E-state index in [1.807, 2.05) is 0 Å². The Bertz CT molecular complexity index is 393. The van der Waals surface area contributed by atoms with E-state index >= 15 is 0 Å². The molecule has 0 aromatic heterocycles. The minimum absolute atomic E-state index is 0.0529. The van der Waals surface area contributed by atoms with Gasteiger partial charge in [0.05, 0.1) is 6.61 Å². The zero-order chi connectivity index (χ0) is 10.7. The lowest BCUT2D eigenvalue weighted by Gasteiger charge is -2.07. The summed E-state index contributed by atoms with van der Waals surface area (Å²) in [6.07, 6.45) is 0. The third-order valence-electron chi connectivity index (χ3n) is 2.10. The second-order valence-electron chi connectivity index (χ2n) is 3.20. The molecule has 0 bridgehead atoms. The van der Waals surface area contributed by atoms with Gasteiger partial charge in [-0.3, -0.25) is 4.79 Å². The van der Waals surface area contributed by atoms with Gasteiger partial charge in [-0.2, -0.15) is 5.26 Å². The van der Waals surface area contributed by atoms with Crippen molar-refractivity contribution in [1.82, 2.24) is 0 Å². The highest BCUT2D eigenvalue weighted by Crippen LogP contribution is 2.17. The molecule has 0 aliphatic rings. The van der Waals surface area contributed by atoms with Crippen LogP contribution < -0.4 is 0 Å². The lowest BCUT2D eigenvalue weighted by atomic mass is 9.97. The third-order valence-corrected chi connectivity index (χ3v) is 2.10. The molecule has 0 spiro atoms. The molecule has 1 rings (SSSR count). The number of aliphatic hydroxyl groups is 1. The Morgan fingerprint density at radius 2 is 1.93 bits per heavy atom. The van der Waals surface area contributed by atoms with E-state index in [-0.39, 0.29) is 6.61 Å². The number of aryl methyl sites for hydroxylation is 2. The van der Waals surface area contributed by atoms with Gasteiger partial charge >= 0.3 is 0 Å². The average molecular weight is 189 g/mol. The summed E-state index contributed by atoms with van der Waals surface area (Å²) in [7, 11) is 0. The molecule has 14 heavy (non-hydrogen) atoms. The molecule has 1 aromatic rings. The fraction of sp³-hybridized carbons (Fsp3) is 0.273. The van der Waals surface area contributed by atoms with Crippen LogP contribution in [0.2, 0.25) is 0 Å². The summed E-state index contributed by atoms with van der Waals surface area (Å²) in [5.41, 5.74) is 2.68. The molecule has 72 valence electrons. The van der Waals surface area contributed by atoms with Gasteiger partial charge in [-0.25, -0.2) is 0 Å². The number of aliphatic hydroxyl groups excluding tert-OH is 1. The van der Waals surface area contributed by atoms with Gasteiger partial charge < -0.3 is 5.11 Å². The number of hydrogen-bond donors (Lipinski definition) is 1. The number of carbonyl (C=O) groups is 1. The number of hydrogen-bond acceptors (Lipinski definition) is 3. The van der Waals surface area contributed by atoms with Crippen LogP contribution in [-0.2, 0) is 6.61 Å². The fourth-order valence-corrected chi connectivity index (χ4v) is 1.56. The Hall–Kier alpha value is -1.66. The highest BCUT2D eigenvalue weighted by atomic mass is 16.3. The molecule has 0 fully saturated rings. The molecule has 1 N–H and O–H groups in total. The highest BCUT2D eigenvalue weighted by molar-refractivity contribution is 6.09. The first-order valence-corrected chi connectivity index (χ1v) is 4.25. The zero-order valence-corrected chi connectivity index (χ0v) is 8.16. The van der Waals surface area contributed by atoms with E-state index < -0.39 is 5.78 Å². The normalized spacial score (nSPS) is 9.57. The van der Waals surface area contributed by atoms with Crippen molar-refractivity contribution in [2.45, 2.75) is 20.5 Å². The molecule has 0 saturated heterocycles. The number of carbonyl (C=O) groups excluding carboxylic acids is 1. The molecule has 3 heteroatoms. The molecule has 1 aromatic carbocycles. The summed E-state index contributed by atoms with van der Waals surface area (Å²) in [4.78, 5) is 11.2. The van der Waals surface area contributed by atoms with Crippen LogP contribution in [-0.4, -0.2) is 10.9 Å². The minimum Gasteiger partial charge on any atom is -0.392 e. The molecule has 3 nitrogen and oxygen atoms in total. The van der Waals surface area contributed by atoms with E-state index in [2.05, 4.69) is 0 Å². The van der Waals surface area contributed by atoms with Crippen LogP contribution >= 0.6 is 0 Å². The second kappa shape index (κ2) is 4.03. The molecular formula is C11H11NO2. The van der Waals surface area contributed by atoms with Crippen LogP contribution in [0, 0.1) is 25.2 Å². The van der Waals surface area contributed by atoms with Gasteiger partial charge in [-0.15, -0.1) is 0 Å². The standard InChI is InChI=1S/C11H11NO2/c1-7-3-9(6-13)4-8(2)11(7)10(14)5-12/h3-4,13H,6H2,1-2H3. The molecule has 0 aliphatic carbocycles. The number of Topliss-reactive ketones (excluding diaryl/α,β-unsaturated/α-hetero) is 1. The summed E-state index contributed by atoms with van der Waals surface area (Å²) in [6, 6.07) is 5.04. The average Bonchev–Trinajstić information content (AvgIpc) is 2.16. The van der Waals surface area contributed by atoms with E-state index in [0.29, 0.717) is 5.56 Å². The molecule has 0 atom stereocenters. The van der Waals surface area contributed by atoms with Crippen molar-refractivity contribution in [1.29, 1.82) is 5.26 Å². The molecule has 0 unspecified atom stereocenters. The zero-order valence-electron chi connectivity index (χ0n) is 8.16. The Kier molecular flexibility index (Phi) is 3.00. The first kappa shape index (κ1) is 10.4. The number of nitrogens with zero attached hydrogens (tertiary/aromatic N) is 1. The lowest BCUT2D eigenvalue weighted by Crippen LogP contribution is -2.03. The topological polar surface area (TPSA) is 61.1 Å². The maximum absolute atomic E-state index is 11.2. The van der Waals surface area contributed by atoms with E-state index in [4.69, 9.17) is 10.4 Å². The highest BCUT2D eigenvalue weighted by Gasteiger charge is 2.12. The van der Waals surface area contributed by atoms with Crippen LogP contribution in [0.1, 0.15) is 27.0 Å². The van der Waals surface area contributed by atoms with Gasteiger partial charge in [-0.05, 0) is 30.5 Å². The second-order valence-corrected chi connectivity index (χ2v) is 3.20. The number of nitriles is 1. The smallest absolute Gasteiger partial charge is 0.262 e. The Balaban J connectivity index is 3.34. The van der Waals surface area contributed by atoms with Crippen molar-refractivity contribution < 1.29 is 9.90 Å². The summed E-state index contributed by atoms with van der Waals surface area (Å²) in [5, 5.41) is 17.4. The van der Waals surface area contributed by atoms with Crippen molar-refractivity contribution in [3.05, 3.63) is 34.4 Å². The fourth-order valence-electron chi connectivity index (χ4n) is 1.56. The summed E-state index contributed by atoms with van der Waals surface area (Å²) < 4.78 is 0. The van der Waals surface area contributed by atoms with Crippen LogP contribution in [0.15, 0.2) is 12.1 Å². The molecule has 0 heterocycles. The van der Waals surface area contributed by atoms with Gasteiger partial charge in [-0.1, -0.05) is 12.1 Å². The first-order valence-electron chi connectivity index (χ1n) is 4.25. The quantitative estimate of drug-likeness (QED) is 0.566.